The highest BCUT2D eigenvalue weighted by Gasteiger charge is 2.21. The first-order valence-electron chi connectivity index (χ1n) is 9.92. The number of carbonyl (C=O) groups is 1. The molecule has 1 heterocycles. The molecule has 0 aliphatic carbocycles. The van der Waals surface area contributed by atoms with E-state index >= 15 is 0 Å². The summed E-state index contributed by atoms with van der Waals surface area (Å²) in [6.07, 6.45) is 0. The number of nitrogens with one attached hydrogen (secondary N) is 1. The lowest BCUT2D eigenvalue weighted by molar-refractivity contribution is -0.131. The van der Waals surface area contributed by atoms with Crippen molar-refractivity contribution in [3.63, 3.8) is 0 Å². The maximum Gasteiger partial charge on any atom is 0.241 e. The van der Waals surface area contributed by atoms with Crippen LogP contribution >= 0.6 is 0 Å². The SMILES string of the molecule is Cc1cccc(C(C)C)c1NCC(=O)N1CCN(Cc2ccccc2)CC1. The molecule has 0 radical (unpaired) electrons. The predicted octanol–water partition coefficient (Wildman–Crippen LogP) is 3.87. The van der Waals surface area contributed by atoms with Gasteiger partial charge in [0, 0.05) is 38.4 Å². The van der Waals surface area contributed by atoms with Crippen LogP contribution in [0.3, 0.4) is 0 Å². The summed E-state index contributed by atoms with van der Waals surface area (Å²) in [5.74, 6) is 0.622. The fraction of sp³-hybridized carbons (Fsp3) is 0.435. The highest BCUT2D eigenvalue weighted by atomic mass is 16.2. The standard InChI is InChI=1S/C23H31N3O/c1-18(2)21-11-7-8-19(3)23(21)24-16-22(27)26-14-12-25(13-15-26)17-20-9-5-4-6-10-20/h4-11,18,24H,12-17H2,1-3H3. The first-order valence-corrected chi connectivity index (χ1v) is 9.92. The molecule has 144 valence electrons. The molecule has 1 aliphatic rings. The first-order chi connectivity index (χ1) is 13.0. The van der Waals surface area contributed by atoms with E-state index in [1.807, 2.05) is 11.0 Å². The van der Waals surface area contributed by atoms with E-state index in [9.17, 15) is 4.79 Å². The summed E-state index contributed by atoms with van der Waals surface area (Å²) in [6, 6.07) is 16.9. The van der Waals surface area contributed by atoms with Crippen LogP contribution < -0.4 is 5.32 Å². The molecule has 2 aromatic carbocycles. The van der Waals surface area contributed by atoms with Crippen LogP contribution in [0.25, 0.3) is 0 Å². The number of anilines is 1. The number of rotatable bonds is 6. The maximum absolute atomic E-state index is 12.7. The van der Waals surface area contributed by atoms with E-state index in [1.165, 1.54) is 16.7 Å². The molecule has 2 aromatic rings. The van der Waals surface area contributed by atoms with Crippen molar-refractivity contribution in [3.8, 4) is 0 Å². The highest BCUT2D eigenvalue weighted by Crippen LogP contribution is 2.27. The van der Waals surface area contributed by atoms with Gasteiger partial charge >= 0.3 is 0 Å². The summed E-state index contributed by atoms with van der Waals surface area (Å²) in [4.78, 5) is 17.1. The average molecular weight is 366 g/mol. The van der Waals surface area contributed by atoms with Crippen LogP contribution in [0.4, 0.5) is 5.69 Å². The molecule has 0 bridgehead atoms. The van der Waals surface area contributed by atoms with Crippen LogP contribution in [0.1, 0.15) is 36.5 Å². The Morgan fingerprint density at radius 3 is 2.37 bits per heavy atom. The van der Waals surface area contributed by atoms with Crippen molar-refractivity contribution in [2.24, 2.45) is 0 Å². The molecular formula is C23H31N3O. The number of benzene rings is 2. The number of nitrogens with zero attached hydrogens (tertiary/aromatic N) is 2. The van der Waals surface area contributed by atoms with E-state index in [2.05, 4.69) is 73.5 Å². The number of amides is 1. The summed E-state index contributed by atoms with van der Waals surface area (Å²) < 4.78 is 0. The van der Waals surface area contributed by atoms with Crippen molar-refractivity contribution in [3.05, 3.63) is 65.2 Å². The smallest absolute Gasteiger partial charge is 0.241 e. The van der Waals surface area contributed by atoms with Crippen LogP contribution in [0.15, 0.2) is 48.5 Å². The quantitative estimate of drug-likeness (QED) is 0.844. The third-order valence-corrected chi connectivity index (χ3v) is 5.32. The van der Waals surface area contributed by atoms with E-state index in [0.717, 1.165) is 38.4 Å². The lowest BCUT2D eigenvalue weighted by Crippen LogP contribution is -2.49. The van der Waals surface area contributed by atoms with Gasteiger partial charge in [-0.25, -0.2) is 0 Å². The molecule has 0 unspecified atom stereocenters. The minimum Gasteiger partial charge on any atom is -0.376 e. The third kappa shape index (κ3) is 5.10. The van der Waals surface area contributed by atoms with Gasteiger partial charge in [-0.1, -0.05) is 62.4 Å². The fourth-order valence-corrected chi connectivity index (χ4v) is 3.69. The molecule has 0 spiro atoms. The van der Waals surface area contributed by atoms with E-state index in [4.69, 9.17) is 0 Å². The lowest BCUT2D eigenvalue weighted by Gasteiger charge is -2.35. The Bertz CT molecular complexity index is 749. The molecule has 1 aliphatic heterocycles. The van der Waals surface area contributed by atoms with Crippen LogP contribution in [-0.4, -0.2) is 48.4 Å². The third-order valence-electron chi connectivity index (χ3n) is 5.32. The Balaban J connectivity index is 1.50. The Kier molecular flexibility index (Phi) is 6.51. The van der Waals surface area contributed by atoms with Crippen LogP contribution in [-0.2, 0) is 11.3 Å². The molecule has 1 N–H and O–H groups in total. The summed E-state index contributed by atoms with van der Waals surface area (Å²) in [7, 11) is 0. The van der Waals surface area contributed by atoms with Gasteiger partial charge in [0.05, 0.1) is 6.54 Å². The van der Waals surface area contributed by atoms with Gasteiger partial charge in [-0.15, -0.1) is 0 Å². The Morgan fingerprint density at radius 2 is 1.70 bits per heavy atom. The monoisotopic (exact) mass is 365 g/mol. The summed E-state index contributed by atoms with van der Waals surface area (Å²) in [5.41, 5.74) is 4.92. The summed E-state index contributed by atoms with van der Waals surface area (Å²) >= 11 is 0. The van der Waals surface area contributed by atoms with Crippen LogP contribution in [0.2, 0.25) is 0 Å². The number of carbonyl (C=O) groups excluding carboxylic acids is 1. The van der Waals surface area contributed by atoms with Crippen molar-refractivity contribution in [2.45, 2.75) is 33.2 Å². The van der Waals surface area contributed by atoms with Crippen molar-refractivity contribution in [2.75, 3.05) is 38.0 Å². The normalized spacial score (nSPS) is 15.2. The molecule has 1 amide bonds. The Hall–Kier alpha value is -2.33. The Morgan fingerprint density at radius 1 is 1.00 bits per heavy atom. The highest BCUT2D eigenvalue weighted by molar-refractivity contribution is 5.81. The molecule has 4 heteroatoms. The topological polar surface area (TPSA) is 35.6 Å². The summed E-state index contributed by atoms with van der Waals surface area (Å²) in [5, 5.41) is 3.41. The molecule has 4 nitrogen and oxygen atoms in total. The van der Waals surface area contributed by atoms with E-state index in [0.29, 0.717) is 12.5 Å². The minimum absolute atomic E-state index is 0.187. The second-order valence-electron chi connectivity index (χ2n) is 7.69. The molecule has 1 saturated heterocycles. The van der Waals surface area contributed by atoms with Crippen molar-refractivity contribution < 1.29 is 4.79 Å². The van der Waals surface area contributed by atoms with Crippen molar-refractivity contribution in [1.82, 2.24) is 9.80 Å². The molecule has 0 atom stereocenters. The van der Waals surface area contributed by atoms with E-state index in [1.54, 1.807) is 0 Å². The molecular weight excluding hydrogens is 334 g/mol. The van der Waals surface area contributed by atoms with Crippen LogP contribution in [0.5, 0.6) is 0 Å². The van der Waals surface area contributed by atoms with Gasteiger partial charge < -0.3 is 10.2 Å². The number of hydrogen-bond donors (Lipinski definition) is 1. The minimum atomic E-state index is 0.187. The van der Waals surface area contributed by atoms with Gasteiger partial charge in [-0.05, 0) is 29.5 Å². The van der Waals surface area contributed by atoms with Gasteiger partial charge in [0.1, 0.15) is 0 Å². The first kappa shape index (κ1) is 19.4. The van der Waals surface area contributed by atoms with E-state index in [-0.39, 0.29) is 5.91 Å². The Labute approximate surface area is 163 Å². The molecule has 27 heavy (non-hydrogen) atoms. The van der Waals surface area contributed by atoms with E-state index < -0.39 is 0 Å². The van der Waals surface area contributed by atoms with Crippen molar-refractivity contribution >= 4 is 11.6 Å². The zero-order chi connectivity index (χ0) is 19.2. The maximum atomic E-state index is 12.7. The average Bonchev–Trinajstić information content (AvgIpc) is 2.68. The van der Waals surface area contributed by atoms with Gasteiger partial charge in [-0.2, -0.15) is 0 Å². The van der Waals surface area contributed by atoms with Gasteiger partial charge in [0.2, 0.25) is 5.91 Å². The van der Waals surface area contributed by atoms with Gasteiger partial charge in [0.15, 0.2) is 0 Å². The summed E-state index contributed by atoms with van der Waals surface area (Å²) in [6.45, 7) is 11.3. The lowest BCUT2D eigenvalue weighted by atomic mass is 9.98. The largest absolute Gasteiger partial charge is 0.376 e. The van der Waals surface area contributed by atoms with Gasteiger partial charge in [-0.3, -0.25) is 9.69 Å². The van der Waals surface area contributed by atoms with Crippen LogP contribution in [0, 0.1) is 6.92 Å². The zero-order valence-electron chi connectivity index (χ0n) is 16.7. The fourth-order valence-electron chi connectivity index (χ4n) is 3.69. The van der Waals surface area contributed by atoms with Crippen molar-refractivity contribution in [1.29, 1.82) is 0 Å². The molecule has 0 saturated carbocycles. The predicted molar refractivity (Wildman–Crippen MR) is 112 cm³/mol. The molecule has 0 aromatic heterocycles. The molecule has 1 fully saturated rings. The number of para-hydroxylation sites is 1. The number of hydrogen-bond acceptors (Lipinski definition) is 3. The van der Waals surface area contributed by atoms with Gasteiger partial charge in [0.25, 0.3) is 0 Å². The zero-order valence-corrected chi connectivity index (χ0v) is 16.7. The molecule has 3 rings (SSSR count). The number of aryl methyl sites for hydroxylation is 1. The second-order valence-corrected chi connectivity index (χ2v) is 7.69. The number of piperazine rings is 1. The second kappa shape index (κ2) is 9.05.